The van der Waals surface area contributed by atoms with Crippen molar-refractivity contribution in [2.45, 2.75) is 32.6 Å². The quantitative estimate of drug-likeness (QED) is 0.866. The van der Waals surface area contributed by atoms with Crippen LogP contribution in [0.1, 0.15) is 31.4 Å². The minimum absolute atomic E-state index is 0.587. The van der Waals surface area contributed by atoms with Gasteiger partial charge in [-0.2, -0.15) is 0 Å². The molecule has 0 bridgehead atoms. The van der Waals surface area contributed by atoms with Crippen LogP contribution in [0, 0.1) is 18.8 Å². The lowest BCUT2D eigenvalue weighted by Crippen LogP contribution is -2.30. The maximum absolute atomic E-state index is 5.81. The minimum Gasteiger partial charge on any atom is -0.477 e. The Labute approximate surface area is 103 Å². The fraction of sp³-hybridized carbons (Fsp3) is 0.692. The maximum atomic E-state index is 5.81. The summed E-state index contributed by atoms with van der Waals surface area (Å²) in [4.78, 5) is 8.16. The van der Waals surface area contributed by atoms with Crippen LogP contribution in [0.2, 0.25) is 0 Å². The fourth-order valence-electron chi connectivity index (χ4n) is 2.52. The zero-order valence-electron chi connectivity index (χ0n) is 10.4. The van der Waals surface area contributed by atoms with E-state index >= 15 is 0 Å². The van der Waals surface area contributed by atoms with Crippen LogP contribution in [0.4, 0.5) is 0 Å². The van der Waals surface area contributed by atoms with Crippen LogP contribution in [-0.2, 0) is 0 Å². The predicted octanol–water partition coefficient (Wildman–Crippen LogP) is 1.93. The van der Waals surface area contributed by atoms with E-state index in [2.05, 4.69) is 9.97 Å². The van der Waals surface area contributed by atoms with Crippen LogP contribution in [0.15, 0.2) is 12.4 Å². The van der Waals surface area contributed by atoms with E-state index in [0.717, 1.165) is 18.8 Å². The van der Waals surface area contributed by atoms with Crippen molar-refractivity contribution in [2.75, 3.05) is 13.2 Å². The van der Waals surface area contributed by atoms with Gasteiger partial charge < -0.3 is 10.5 Å². The molecule has 1 heterocycles. The summed E-state index contributed by atoms with van der Waals surface area (Å²) in [6.45, 7) is 3.45. The molecule has 17 heavy (non-hydrogen) atoms. The third kappa shape index (κ3) is 3.40. The normalized spacial score (nSPS) is 24.6. The van der Waals surface area contributed by atoms with Crippen molar-refractivity contribution in [3.8, 4) is 5.88 Å². The molecule has 4 nitrogen and oxygen atoms in total. The second kappa shape index (κ2) is 5.96. The van der Waals surface area contributed by atoms with Crippen LogP contribution in [0.5, 0.6) is 5.88 Å². The topological polar surface area (TPSA) is 61.0 Å². The number of nitrogens with two attached hydrogens (primary N) is 1. The number of hydrogen-bond donors (Lipinski definition) is 1. The number of aromatic nitrogens is 2. The maximum Gasteiger partial charge on any atom is 0.216 e. The highest BCUT2D eigenvalue weighted by molar-refractivity contribution is 5.11. The zero-order chi connectivity index (χ0) is 12.1. The Bertz CT molecular complexity index is 356. The van der Waals surface area contributed by atoms with E-state index in [1.165, 1.54) is 25.7 Å². The van der Waals surface area contributed by atoms with Crippen LogP contribution in [0.3, 0.4) is 0 Å². The average Bonchev–Trinajstić information content (AvgIpc) is 2.37. The molecule has 0 saturated heterocycles. The molecular weight excluding hydrogens is 214 g/mol. The molecule has 2 unspecified atom stereocenters. The summed E-state index contributed by atoms with van der Waals surface area (Å²) in [6, 6.07) is 1.88. The lowest BCUT2D eigenvalue weighted by molar-refractivity contribution is 0.149. The number of rotatable bonds is 4. The highest BCUT2D eigenvalue weighted by Crippen LogP contribution is 2.29. The van der Waals surface area contributed by atoms with Crippen molar-refractivity contribution >= 4 is 0 Å². The van der Waals surface area contributed by atoms with Gasteiger partial charge in [-0.05, 0) is 38.1 Å². The lowest BCUT2D eigenvalue weighted by Gasteiger charge is -2.30. The Morgan fingerprint density at radius 2 is 2.06 bits per heavy atom. The summed E-state index contributed by atoms with van der Waals surface area (Å²) in [6.07, 6.45) is 6.63. The van der Waals surface area contributed by atoms with Crippen molar-refractivity contribution < 1.29 is 4.74 Å². The number of ether oxygens (including phenoxy) is 1. The smallest absolute Gasteiger partial charge is 0.216 e. The average molecular weight is 235 g/mol. The zero-order valence-corrected chi connectivity index (χ0v) is 10.4. The van der Waals surface area contributed by atoms with Gasteiger partial charge in [-0.3, -0.25) is 0 Å². The third-order valence-electron chi connectivity index (χ3n) is 3.59. The highest BCUT2D eigenvalue weighted by atomic mass is 16.5. The van der Waals surface area contributed by atoms with Crippen molar-refractivity contribution in [1.82, 2.24) is 9.97 Å². The molecule has 2 rings (SSSR count). The van der Waals surface area contributed by atoms with Gasteiger partial charge in [-0.15, -0.1) is 0 Å². The summed E-state index contributed by atoms with van der Waals surface area (Å²) in [5, 5.41) is 0. The molecule has 1 aromatic heterocycles. The molecule has 4 heteroatoms. The van der Waals surface area contributed by atoms with Crippen molar-refractivity contribution in [1.29, 1.82) is 0 Å². The fourth-order valence-corrected chi connectivity index (χ4v) is 2.52. The Morgan fingerprint density at radius 3 is 2.76 bits per heavy atom. The number of nitrogens with zero attached hydrogens (tertiary/aromatic N) is 2. The second-order valence-corrected chi connectivity index (χ2v) is 4.85. The van der Waals surface area contributed by atoms with E-state index in [-0.39, 0.29) is 0 Å². The molecule has 1 aliphatic carbocycles. The van der Waals surface area contributed by atoms with E-state index < -0.39 is 0 Å². The van der Waals surface area contributed by atoms with Crippen LogP contribution in [0.25, 0.3) is 0 Å². The first-order chi connectivity index (χ1) is 8.29. The molecule has 0 radical (unpaired) electrons. The lowest BCUT2D eigenvalue weighted by atomic mass is 9.80. The largest absolute Gasteiger partial charge is 0.477 e. The van der Waals surface area contributed by atoms with Gasteiger partial charge in [0.15, 0.2) is 0 Å². The minimum atomic E-state index is 0.587. The first-order valence-corrected chi connectivity index (χ1v) is 6.41. The van der Waals surface area contributed by atoms with Gasteiger partial charge in [0.25, 0.3) is 0 Å². The number of hydrogen-bond acceptors (Lipinski definition) is 4. The molecule has 0 aliphatic heterocycles. The van der Waals surface area contributed by atoms with Gasteiger partial charge in [0.05, 0.1) is 6.61 Å². The molecule has 2 N–H and O–H groups in total. The van der Waals surface area contributed by atoms with Crippen LogP contribution in [-0.4, -0.2) is 23.1 Å². The Balaban J connectivity index is 1.88. The SMILES string of the molecule is Cc1cc(OCC2CCCCC2CN)ncn1. The van der Waals surface area contributed by atoms with E-state index in [4.69, 9.17) is 10.5 Å². The van der Waals surface area contributed by atoms with Gasteiger partial charge in [-0.1, -0.05) is 12.8 Å². The van der Waals surface area contributed by atoms with Crippen molar-refractivity contribution in [2.24, 2.45) is 17.6 Å². The molecule has 0 aromatic carbocycles. The van der Waals surface area contributed by atoms with Gasteiger partial charge in [0.2, 0.25) is 5.88 Å². The van der Waals surface area contributed by atoms with Crippen molar-refractivity contribution in [3.05, 3.63) is 18.1 Å². The van der Waals surface area contributed by atoms with E-state index in [1.54, 1.807) is 6.33 Å². The predicted molar refractivity (Wildman–Crippen MR) is 66.8 cm³/mol. The van der Waals surface area contributed by atoms with Gasteiger partial charge in [0.1, 0.15) is 6.33 Å². The van der Waals surface area contributed by atoms with Gasteiger partial charge in [-0.25, -0.2) is 9.97 Å². The highest BCUT2D eigenvalue weighted by Gasteiger charge is 2.24. The summed E-state index contributed by atoms with van der Waals surface area (Å²) in [7, 11) is 0. The Kier molecular flexibility index (Phi) is 4.31. The first-order valence-electron chi connectivity index (χ1n) is 6.41. The van der Waals surface area contributed by atoms with Gasteiger partial charge >= 0.3 is 0 Å². The molecule has 2 atom stereocenters. The summed E-state index contributed by atoms with van der Waals surface area (Å²) < 4.78 is 5.75. The second-order valence-electron chi connectivity index (χ2n) is 4.85. The van der Waals surface area contributed by atoms with Gasteiger partial charge in [0, 0.05) is 11.8 Å². The number of aryl methyl sites for hydroxylation is 1. The van der Waals surface area contributed by atoms with Crippen LogP contribution >= 0.6 is 0 Å². The monoisotopic (exact) mass is 235 g/mol. The summed E-state index contributed by atoms with van der Waals surface area (Å²) in [5.74, 6) is 1.88. The first kappa shape index (κ1) is 12.3. The molecule has 0 spiro atoms. The molecule has 94 valence electrons. The van der Waals surface area contributed by atoms with E-state index in [1.807, 2.05) is 13.0 Å². The summed E-state index contributed by atoms with van der Waals surface area (Å²) in [5.41, 5.74) is 6.74. The van der Waals surface area contributed by atoms with Crippen molar-refractivity contribution in [3.63, 3.8) is 0 Å². The molecule has 1 fully saturated rings. The standard InChI is InChI=1S/C13H21N3O/c1-10-6-13(16-9-15-10)17-8-12-5-3-2-4-11(12)7-14/h6,9,11-12H,2-5,7-8,14H2,1H3. The molecule has 1 aliphatic rings. The Morgan fingerprint density at radius 1 is 1.29 bits per heavy atom. The third-order valence-corrected chi connectivity index (χ3v) is 3.59. The van der Waals surface area contributed by atoms with Crippen LogP contribution < -0.4 is 10.5 Å². The Hall–Kier alpha value is -1.16. The molecule has 1 aromatic rings. The summed E-state index contributed by atoms with van der Waals surface area (Å²) >= 11 is 0. The molecular formula is C13H21N3O. The molecule has 0 amide bonds. The van der Waals surface area contributed by atoms with E-state index in [0.29, 0.717) is 17.7 Å². The molecule has 1 saturated carbocycles. The van der Waals surface area contributed by atoms with E-state index in [9.17, 15) is 0 Å².